The van der Waals surface area contributed by atoms with Crippen LogP contribution in [0.1, 0.15) is 23.4 Å². The van der Waals surface area contributed by atoms with Crippen LogP contribution in [0.3, 0.4) is 0 Å². The van der Waals surface area contributed by atoms with Gasteiger partial charge in [0.1, 0.15) is 6.54 Å². The molecule has 1 unspecified atom stereocenters. The lowest BCUT2D eigenvalue weighted by molar-refractivity contribution is -0.127. The van der Waals surface area contributed by atoms with E-state index < -0.39 is 0 Å². The maximum Gasteiger partial charge on any atom is 0.243 e. The van der Waals surface area contributed by atoms with Gasteiger partial charge >= 0.3 is 0 Å². The van der Waals surface area contributed by atoms with E-state index in [-0.39, 0.29) is 18.5 Å². The number of nitrogens with one attached hydrogen (secondary N) is 2. The Hall–Kier alpha value is -3.13. The first kappa shape index (κ1) is 20.6. The summed E-state index contributed by atoms with van der Waals surface area (Å²) in [5.41, 5.74) is 2.09. The largest absolute Gasteiger partial charge is 0.351 e. The number of benzene rings is 1. The van der Waals surface area contributed by atoms with E-state index in [9.17, 15) is 4.79 Å². The summed E-state index contributed by atoms with van der Waals surface area (Å²) in [5.74, 6) is 0.557. The average Bonchev–Trinajstić information content (AvgIpc) is 3.43. The van der Waals surface area contributed by atoms with Gasteiger partial charge in [-0.25, -0.2) is 9.67 Å². The lowest BCUT2D eigenvalue weighted by Gasteiger charge is -2.19. The Kier molecular flexibility index (Phi) is 7.02. The zero-order valence-corrected chi connectivity index (χ0v) is 17.7. The van der Waals surface area contributed by atoms with Crippen molar-refractivity contribution in [1.29, 1.82) is 0 Å². The minimum atomic E-state index is -0.0458. The Morgan fingerprint density at radius 1 is 1.28 bits per heavy atom. The minimum Gasteiger partial charge on any atom is -0.351 e. The van der Waals surface area contributed by atoms with Gasteiger partial charge in [0, 0.05) is 31.4 Å². The maximum absolute atomic E-state index is 12.0. The number of thiophene rings is 1. The Bertz CT molecular complexity index is 934. The van der Waals surface area contributed by atoms with Gasteiger partial charge in [-0.1, -0.05) is 18.2 Å². The van der Waals surface area contributed by atoms with Crippen molar-refractivity contribution < 1.29 is 4.79 Å². The Morgan fingerprint density at radius 3 is 2.83 bits per heavy atom. The number of likely N-dealkylation sites (N-methyl/N-ethyl adjacent to an activating group) is 1. The van der Waals surface area contributed by atoms with Crippen molar-refractivity contribution in [3.8, 4) is 5.69 Å². The number of hydrogen-bond donors (Lipinski definition) is 2. The highest BCUT2D eigenvalue weighted by molar-refractivity contribution is 7.09. The molecule has 2 N–H and O–H groups in total. The van der Waals surface area contributed by atoms with Crippen LogP contribution in [0.4, 0.5) is 0 Å². The standard InChI is InChI=1S/C21H26N6OS/c1-16(17-7-4-8-18(13-17)27-11-6-10-24-27)25-21(23-15-20(28)26(2)3)22-14-19-9-5-12-29-19/h4-13,16H,14-15H2,1-3H3,(H2,22,23,25). The number of carbonyl (C=O) groups is 1. The van der Waals surface area contributed by atoms with Crippen LogP contribution >= 0.6 is 11.3 Å². The zero-order valence-electron chi connectivity index (χ0n) is 16.9. The van der Waals surface area contributed by atoms with Gasteiger partial charge in [0.2, 0.25) is 5.91 Å². The van der Waals surface area contributed by atoms with Gasteiger partial charge in [-0.3, -0.25) is 4.79 Å². The van der Waals surface area contributed by atoms with E-state index in [4.69, 9.17) is 0 Å². The van der Waals surface area contributed by atoms with Gasteiger partial charge in [0.05, 0.1) is 18.3 Å². The summed E-state index contributed by atoms with van der Waals surface area (Å²) in [6, 6.07) is 14.2. The molecule has 1 amide bonds. The van der Waals surface area contributed by atoms with Crippen LogP contribution in [0, 0.1) is 0 Å². The molecule has 0 radical (unpaired) electrons. The normalized spacial score (nSPS) is 12.4. The number of aromatic nitrogens is 2. The molecule has 2 heterocycles. The number of carbonyl (C=O) groups excluding carboxylic acids is 1. The second kappa shape index (κ2) is 9.88. The van der Waals surface area contributed by atoms with E-state index in [1.165, 1.54) is 9.78 Å². The molecule has 0 aliphatic heterocycles. The monoisotopic (exact) mass is 410 g/mol. The highest BCUT2D eigenvalue weighted by Gasteiger charge is 2.11. The maximum atomic E-state index is 12.0. The highest BCUT2D eigenvalue weighted by atomic mass is 32.1. The number of aliphatic imine (C=N–C) groups is 1. The number of guanidine groups is 1. The van der Waals surface area contributed by atoms with Gasteiger partial charge in [0.25, 0.3) is 0 Å². The van der Waals surface area contributed by atoms with E-state index in [1.807, 2.05) is 40.5 Å². The third-order valence-electron chi connectivity index (χ3n) is 4.37. The Balaban J connectivity index is 1.72. The zero-order chi connectivity index (χ0) is 20.6. The van der Waals surface area contributed by atoms with Crippen LogP contribution < -0.4 is 10.6 Å². The van der Waals surface area contributed by atoms with Crippen molar-refractivity contribution in [2.45, 2.75) is 19.5 Å². The van der Waals surface area contributed by atoms with Gasteiger partial charge in [-0.15, -0.1) is 11.3 Å². The van der Waals surface area contributed by atoms with Crippen LogP contribution in [0.15, 0.2) is 65.2 Å². The first-order valence-corrected chi connectivity index (χ1v) is 10.3. The quantitative estimate of drug-likeness (QED) is 0.464. The molecule has 3 rings (SSSR count). The molecule has 7 nitrogen and oxygen atoms in total. The lowest BCUT2D eigenvalue weighted by Crippen LogP contribution is -2.39. The number of hydrogen-bond acceptors (Lipinski definition) is 4. The first-order chi connectivity index (χ1) is 14.0. The molecule has 0 bridgehead atoms. The summed E-state index contributed by atoms with van der Waals surface area (Å²) in [6.45, 7) is 2.81. The fraction of sp³-hybridized carbons (Fsp3) is 0.286. The van der Waals surface area contributed by atoms with Crippen molar-refractivity contribution in [3.05, 3.63) is 70.7 Å². The van der Waals surface area contributed by atoms with Crippen LogP contribution in [-0.2, 0) is 11.3 Å². The smallest absolute Gasteiger partial charge is 0.243 e. The predicted molar refractivity (Wildman–Crippen MR) is 117 cm³/mol. The lowest BCUT2D eigenvalue weighted by atomic mass is 10.1. The summed E-state index contributed by atoms with van der Waals surface area (Å²) in [7, 11) is 3.46. The second-order valence-electron chi connectivity index (χ2n) is 6.80. The number of amides is 1. The molecule has 1 aromatic carbocycles. The molecule has 0 aliphatic rings. The van der Waals surface area contributed by atoms with Gasteiger partial charge in [0.15, 0.2) is 5.96 Å². The van der Waals surface area contributed by atoms with Crippen molar-refractivity contribution in [1.82, 2.24) is 25.3 Å². The first-order valence-electron chi connectivity index (χ1n) is 9.40. The summed E-state index contributed by atoms with van der Waals surface area (Å²) in [4.78, 5) is 19.2. The Morgan fingerprint density at radius 2 is 2.14 bits per heavy atom. The molecule has 2 aromatic heterocycles. The highest BCUT2D eigenvalue weighted by Crippen LogP contribution is 2.16. The molecule has 8 heteroatoms. The second-order valence-corrected chi connectivity index (χ2v) is 7.83. The molecular weight excluding hydrogens is 384 g/mol. The molecule has 152 valence electrons. The topological polar surface area (TPSA) is 74.6 Å². The fourth-order valence-electron chi connectivity index (χ4n) is 2.67. The summed E-state index contributed by atoms with van der Waals surface area (Å²) < 4.78 is 1.83. The van der Waals surface area contributed by atoms with Crippen LogP contribution in [0.25, 0.3) is 5.69 Å². The minimum absolute atomic E-state index is 0.00504. The van der Waals surface area contributed by atoms with E-state index in [1.54, 1.807) is 31.6 Å². The molecule has 29 heavy (non-hydrogen) atoms. The van der Waals surface area contributed by atoms with Gasteiger partial charge in [-0.05, 0) is 42.1 Å². The van der Waals surface area contributed by atoms with E-state index >= 15 is 0 Å². The van der Waals surface area contributed by atoms with Crippen molar-refractivity contribution in [3.63, 3.8) is 0 Å². The third kappa shape index (κ3) is 5.92. The average molecular weight is 411 g/mol. The molecule has 0 spiro atoms. The van der Waals surface area contributed by atoms with Crippen LogP contribution in [0.5, 0.6) is 0 Å². The summed E-state index contributed by atoms with van der Waals surface area (Å²) >= 11 is 1.68. The van der Waals surface area contributed by atoms with Gasteiger partial charge < -0.3 is 15.5 Å². The molecule has 0 fully saturated rings. The molecule has 0 saturated heterocycles. The molecule has 0 saturated carbocycles. The Labute approximate surface area is 175 Å². The van der Waals surface area contributed by atoms with E-state index in [0.717, 1.165) is 11.3 Å². The van der Waals surface area contributed by atoms with E-state index in [2.05, 4.69) is 45.8 Å². The van der Waals surface area contributed by atoms with Crippen LogP contribution in [-0.4, -0.2) is 47.2 Å². The van der Waals surface area contributed by atoms with Crippen molar-refractivity contribution in [2.75, 3.05) is 20.6 Å². The van der Waals surface area contributed by atoms with Gasteiger partial charge in [-0.2, -0.15) is 5.10 Å². The molecule has 0 aliphatic carbocycles. The molecule has 3 aromatic rings. The molecular formula is C21H26N6OS. The van der Waals surface area contributed by atoms with Crippen molar-refractivity contribution >= 4 is 23.2 Å². The van der Waals surface area contributed by atoms with Crippen LogP contribution in [0.2, 0.25) is 0 Å². The SMILES string of the molecule is CC(NC(=NCC(=O)N(C)C)NCc1cccs1)c1cccc(-n2cccn2)c1. The summed E-state index contributed by atoms with van der Waals surface area (Å²) in [6.07, 6.45) is 3.68. The fourth-order valence-corrected chi connectivity index (χ4v) is 3.32. The summed E-state index contributed by atoms with van der Waals surface area (Å²) in [5, 5.41) is 13.1. The third-order valence-corrected chi connectivity index (χ3v) is 5.25. The number of rotatable bonds is 7. The van der Waals surface area contributed by atoms with E-state index in [0.29, 0.717) is 12.5 Å². The molecule has 1 atom stereocenters. The van der Waals surface area contributed by atoms with Crippen molar-refractivity contribution in [2.24, 2.45) is 4.99 Å². The predicted octanol–water partition coefficient (Wildman–Crippen LogP) is 2.82. The number of nitrogens with zero attached hydrogens (tertiary/aromatic N) is 4.